The second-order valence-corrected chi connectivity index (χ2v) is 7.58. The number of carboxylic acid groups (broad SMARTS) is 1. The minimum absolute atomic E-state index is 0.0556. The van der Waals surface area contributed by atoms with Crippen molar-refractivity contribution in [3.8, 4) is 0 Å². The first-order valence-corrected chi connectivity index (χ1v) is 9.09. The number of amides is 2. The maximum absolute atomic E-state index is 13.1. The Bertz CT molecular complexity index is 681. The molecular formula is C17H21Cl2N3O3. The number of hydrogen-bond donors (Lipinski definition) is 2. The number of benzene rings is 1. The Kier molecular flexibility index (Phi) is 5.41. The SMILES string of the molecule is N[C@@H]1C[C@H](C(=O)N(Cc2cccc(Cl)c2Cl)C2CC2)CN(C(=O)O)C1. The van der Waals surface area contributed by atoms with E-state index in [1.165, 1.54) is 4.90 Å². The van der Waals surface area contributed by atoms with Crippen molar-refractivity contribution in [1.29, 1.82) is 0 Å². The molecule has 1 aromatic carbocycles. The topological polar surface area (TPSA) is 86.9 Å². The van der Waals surface area contributed by atoms with Crippen LogP contribution < -0.4 is 5.73 Å². The third-order valence-electron chi connectivity index (χ3n) is 4.75. The van der Waals surface area contributed by atoms with Crippen molar-refractivity contribution in [3.05, 3.63) is 33.8 Å². The van der Waals surface area contributed by atoms with Crippen molar-refractivity contribution in [1.82, 2.24) is 9.80 Å². The van der Waals surface area contributed by atoms with E-state index in [2.05, 4.69) is 0 Å². The van der Waals surface area contributed by atoms with Gasteiger partial charge in [-0.3, -0.25) is 4.79 Å². The van der Waals surface area contributed by atoms with Crippen LogP contribution in [0.4, 0.5) is 4.79 Å². The summed E-state index contributed by atoms with van der Waals surface area (Å²) in [5.74, 6) is -0.474. The Morgan fingerprint density at radius 1 is 1.28 bits per heavy atom. The highest BCUT2D eigenvalue weighted by Gasteiger charge is 2.39. The lowest BCUT2D eigenvalue weighted by Gasteiger charge is -2.36. The van der Waals surface area contributed by atoms with E-state index < -0.39 is 12.0 Å². The summed E-state index contributed by atoms with van der Waals surface area (Å²) in [7, 11) is 0. The summed E-state index contributed by atoms with van der Waals surface area (Å²) in [5.41, 5.74) is 6.76. The Morgan fingerprint density at radius 2 is 2.00 bits per heavy atom. The molecule has 1 aliphatic carbocycles. The number of rotatable bonds is 4. The third-order valence-corrected chi connectivity index (χ3v) is 5.60. The van der Waals surface area contributed by atoms with Gasteiger partial charge in [-0.2, -0.15) is 0 Å². The van der Waals surface area contributed by atoms with Crippen LogP contribution in [0.15, 0.2) is 18.2 Å². The molecule has 136 valence electrons. The monoisotopic (exact) mass is 385 g/mol. The zero-order valence-electron chi connectivity index (χ0n) is 13.7. The van der Waals surface area contributed by atoms with Gasteiger partial charge in [0.15, 0.2) is 0 Å². The molecule has 0 spiro atoms. The summed E-state index contributed by atoms with van der Waals surface area (Å²) in [6.07, 6.45) is 1.36. The van der Waals surface area contributed by atoms with Crippen LogP contribution in [0.3, 0.4) is 0 Å². The van der Waals surface area contributed by atoms with Crippen LogP contribution in [0.1, 0.15) is 24.8 Å². The predicted octanol–water partition coefficient (Wildman–Crippen LogP) is 2.81. The molecule has 2 atom stereocenters. The van der Waals surface area contributed by atoms with Crippen LogP contribution in [0.2, 0.25) is 10.0 Å². The van der Waals surface area contributed by atoms with Gasteiger partial charge >= 0.3 is 6.09 Å². The fourth-order valence-electron chi connectivity index (χ4n) is 3.34. The Balaban J connectivity index is 1.77. The molecule has 0 bridgehead atoms. The Labute approximate surface area is 156 Å². The first-order chi connectivity index (χ1) is 11.9. The molecule has 1 aromatic rings. The minimum Gasteiger partial charge on any atom is -0.465 e. The molecular weight excluding hydrogens is 365 g/mol. The fourth-order valence-corrected chi connectivity index (χ4v) is 3.71. The molecule has 1 saturated heterocycles. The van der Waals surface area contributed by atoms with Crippen LogP contribution >= 0.6 is 23.2 Å². The standard InChI is InChI=1S/C17H21Cl2N3O3/c18-14-3-1-2-10(15(14)19)8-22(13-4-5-13)16(23)11-6-12(20)9-21(7-11)17(24)25/h1-3,11-13H,4-9,20H2,(H,24,25)/t11-,12+/m0/s1. The van der Waals surface area contributed by atoms with Gasteiger partial charge < -0.3 is 20.6 Å². The van der Waals surface area contributed by atoms with Gasteiger partial charge in [0.1, 0.15) is 0 Å². The number of halogens is 2. The van der Waals surface area contributed by atoms with Crippen molar-refractivity contribution in [3.63, 3.8) is 0 Å². The van der Waals surface area contributed by atoms with Gasteiger partial charge in [0.05, 0.1) is 16.0 Å². The second-order valence-electron chi connectivity index (χ2n) is 6.79. The van der Waals surface area contributed by atoms with E-state index in [0.29, 0.717) is 23.0 Å². The van der Waals surface area contributed by atoms with Crippen LogP contribution in [0.25, 0.3) is 0 Å². The molecule has 2 fully saturated rings. The predicted molar refractivity (Wildman–Crippen MR) is 95.7 cm³/mol. The van der Waals surface area contributed by atoms with Gasteiger partial charge in [-0.05, 0) is 30.9 Å². The van der Waals surface area contributed by atoms with E-state index in [4.69, 9.17) is 28.9 Å². The van der Waals surface area contributed by atoms with Crippen molar-refractivity contribution >= 4 is 35.2 Å². The Hall–Kier alpha value is -1.50. The molecule has 2 amide bonds. The number of nitrogens with zero attached hydrogens (tertiary/aromatic N) is 2. The molecule has 3 rings (SSSR count). The lowest BCUT2D eigenvalue weighted by atomic mass is 9.93. The first-order valence-electron chi connectivity index (χ1n) is 8.33. The first kappa shape index (κ1) is 18.3. The highest BCUT2D eigenvalue weighted by Crippen LogP contribution is 2.34. The highest BCUT2D eigenvalue weighted by molar-refractivity contribution is 6.42. The second kappa shape index (κ2) is 7.40. The van der Waals surface area contributed by atoms with E-state index in [-0.39, 0.29) is 31.1 Å². The van der Waals surface area contributed by atoms with Crippen molar-refractivity contribution in [2.75, 3.05) is 13.1 Å². The van der Waals surface area contributed by atoms with E-state index in [9.17, 15) is 14.7 Å². The average Bonchev–Trinajstić information content (AvgIpc) is 3.40. The molecule has 2 aliphatic rings. The molecule has 0 radical (unpaired) electrons. The van der Waals surface area contributed by atoms with Crippen molar-refractivity contribution in [2.24, 2.45) is 11.7 Å². The zero-order chi connectivity index (χ0) is 18.1. The van der Waals surface area contributed by atoms with E-state index >= 15 is 0 Å². The highest BCUT2D eigenvalue weighted by atomic mass is 35.5. The lowest BCUT2D eigenvalue weighted by molar-refractivity contribution is -0.138. The number of likely N-dealkylation sites (tertiary alicyclic amines) is 1. The average molecular weight is 386 g/mol. The quantitative estimate of drug-likeness (QED) is 0.833. The summed E-state index contributed by atoms with van der Waals surface area (Å²) in [6.45, 7) is 0.832. The van der Waals surface area contributed by atoms with Gasteiger partial charge in [-0.25, -0.2) is 4.79 Å². The summed E-state index contributed by atoms with van der Waals surface area (Å²) >= 11 is 12.3. The van der Waals surface area contributed by atoms with E-state index in [1.807, 2.05) is 12.1 Å². The number of nitrogens with two attached hydrogens (primary N) is 1. The van der Waals surface area contributed by atoms with Crippen LogP contribution in [0.5, 0.6) is 0 Å². The van der Waals surface area contributed by atoms with Crippen molar-refractivity contribution in [2.45, 2.75) is 37.9 Å². The molecule has 0 unspecified atom stereocenters. The van der Waals surface area contributed by atoms with Gasteiger partial charge in [-0.1, -0.05) is 35.3 Å². The third kappa shape index (κ3) is 4.19. The van der Waals surface area contributed by atoms with Crippen LogP contribution in [-0.2, 0) is 11.3 Å². The van der Waals surface area contributed by atoms with Gasteiger partial charge in [-0.15, -0.1) is 0 Å². The molecule has 0 aromatic heterocycles. The zero-order valence-corrected chi connectivity index (χ0v) is 15.2. The minimum atomic E-state index is -1.04. The summed E-state index contributed by atoms with van der Waals surface area (Å²) in [4.78, 5) is 27.4. The molecule has 1 aliphatic heterocycles. The summed E-state index contributed by atoms with van der Waals surface area (Å²) in [5, 5.41) is 10.1. The molecule has 1 saturated carbocycles. The lowest BCUT2D eigenvalue weighted by Crippen LogP contribution is -2.53. The molecule has 8 heteroatoms. The van der Waals surface area contributed by atoms with Crippen molar-refractivity contribution < 1.29 is 14.7 Å². The van der Waals surface area contributed by atoms with E-state index in [1.54, 1.807) is 11.0 Å². The maximum Gasteiger partial charge on any atom is 0.407 e. The van der Waals surface area contributed by atoms with Gasteiger partial charge in [0.2, 0.25) is 5.91 Å². The van der Waals surface area contributed by atoms with Gasteiger partial charge in [0.25, 0.3) is 0 Å². The summed E-state index contributed by atoms with van der Waals surface area (Å²) in [6, 6.07) is 5.23. The molecule has 1 heterocycles. The number of piperidine rings is 1. The summed E-state index contributed by atoms with van der Waals surface area (Å²) < 4.78 is 0. The Morgan fingerprint density at radius 3 is 2.64 bits per heavy atom. The molecule has 25 heavy (non-hydrogen) atoms. The fraction of sp³-hybridized carbons (Fsp3) is 0.529. The number of hydrogen-bond acceptors (Lipinski definition) is 3. The number of carbonyl (C=O) groups excluding carboxylic acids is 1. The van der Waals surface area contributed by atoms with Crippen LogP contribution in [0, 0.1) is 5.92 Å². The largest absolute Gasteiger partial charge is 0.465 e. The maximum atomic E-state index is 13.1. The smallest absolute Gasteiger partial charge is 0.407 e. The van der Waals surface area contributed by atoms with Crippen LogP contribution in [-0.4, -0.2) is 52.1 Å². The number of carbonyl (C=O) groups is 2. The molecule has 3 N–H and O–H groups in total. The van der Waals surface area contributed by atoms with E-state index in [0.717, 1.165) is 18.4 Å². The molecule has 6 nitrogen and oxygen atoms in total. The van der Waals surface area contributed by atoms with Gasteiger partial charge in [0, 0.05) is 31.7 Å². The normalized spacial score (nSPS) is 23.4.